The Bertz CT molecular complexity index is 576. The molecule has 2 aliphatic rings. The van der Waals surface area contributed by atoms with Crippen LogP contribution < -0.4 is 4.74 Å². The minimum Gasteiger partial charge on any atom is -0.487 e. The van der Waals surface area contributed by atoms with Crippen molar-refractivity contribution in [2.24, 2.45) is 11.8 Å². The summed E-state index contributed by atoms with van der Waals surface area (Å²) in [6.07, 6.45) is 12.5. The predicted octanol–water partition coefficient (Wildman–Crippen LogP) is 6.61. The molecular formula is C22H32F2O. The zero-order valence-electron chi connectivity index (χ0n) is 15.8. The monoisotopic (exact) mass is 350 g/mol. The molecule has 140 valence electrons. The van der Waals surface area contributed by atoms with E-state index in [1.807, 2.05) is 6.92 Å². The van der Waals surface area contributed by atoms with Gasteiger partial charge in [0.05, 0.1) is 0 Å². The molecule has 1 aromatic rings. The number of hydrogen-bond donors (Lipinski definition) is 0. The van der Waals surface area contributed by atoms with Crippen LogP contribution in [0.4, 0.5) is 8.78 Å². The van der Waals surface area contributed by atoms with E-state index in [0.29, 0.717) is 17.9 Å². The summed E-state index contributed by atoms with van der Waals surface area (Å²) in [7, 11) is 0. The van der Waals surface area contributed by atoms with Crippen LogP contribution in [0.3, 0.4) is 0 Å². The maximum absolute atomic E-state index is 14.4. The summed E-state index contributed by atoms with van der Waals surface area (Å²) in [5.74, 6) is 0.0636. The fourth-order valence-electron chi connectivity index (χ4n) is 4.66. The van der Waals surface area contributed by atoms with Crippen LogP contribution in [0.25, 0.3) is 0 Å². The van der Waals surface area contributed by atoms with Gasteiger partial charge in [-0.25, -0.2) is 4.39 Å². The zero-order valence-corrected chi connectivity index (χ0v) is 15.8. The molecule has 0 aromatic heterocycles. The van der Waals surface area contributed by atoms with Gasteiger partial charge in [0.25, 0.3) is 0 Å². The van der Waals surface area contributed by atoms with E-state index < -0.39 is 11.6 Å². The minimum absolute atomic E-state index is 0.0606. The van der Waals surface area contributed by atoms with Gasteiger partial charge in [0.2, 0.25) is 5.82 Å². The average molecular weight is 350 g/mol. The van der Waals surface area contributed by atoms with E-state index in [-0.39, 0.29) is 11.9 Å². The van der Waals surface area contributed by atoms with Crippen molar-refractivity contribution in [1.29, 1.82) is 0 Å². The molecule has 1 heterocycles. The fourth-order valence-corrected chi connectivity index (χ4v) is 4.66. The summed E-state index contributed by atoms with van der Waals surface area (Å²) in [5, 5.41) is 0. The Morgan fingerprint density at radius 2 is 1.76 bits per heavy atom. The second kappa shape index (κ2) is 8.51. The molecule has 0 saturated heterocycles. The molecule has 1 fully saturated rings. The first-order valence-corrected chi connectivity index (χ1v) is 10.3. The van der Waals surface area contributed by atoms with Gasteiger partial charge in [-0.15, -0.1) is 0 Å². The lowest BCUT2D eigenvalue weighted by Gasteiger charge is -2.37. The summed E-state index contributed by atoms with van der Waals surface area (Å²) in [6, 6.07) is 1.80. The Morgan fingerprint density at radius 1 is 1.00 bits per heavy atom. The van der Waals surface area contributed by atoms with Crippen molar-refractivity contribution in [3.8, 4) is 5.75 Å². The molecule has 0 N–H and O–H groups in total. The number of halogens is 2. The van der Waals surface area contributed by atoms with Crippen molar-refractivity contribution in [2.75, 3.05) is 0 Å². The van der Waals surface area contributed by atoms with Crippen molar-refractivity contribution in [1.82, 2.24) is 0 Å². The zero-order chi connectivity index (χ0) is 17.8. The Kier molecular flexibility index (Phi) is 6.35. The van der Waals surface area contributed by atoms with Gasteiger partial charge in [0.1, 0.15) is 6.10 Å². The predicted molar refractivity (Wildman–Crippen MR) is 98.1 cm³/mol. The van der Waals surface area contributed by atoms with Crippen LogP contribution >= 0.6 is 0 Å². The highest BCUT2D eigenvalue weighted by atomic mass is 19.2. The second-order valence-corrected chi connectivity index (χ2v) is 7.98. The smallest absolute Gasteiger partial charge is 0.201 e. The molecule has 0 amide bonds. The molecule has 1 aliphatic heterocycles. The van der Waals surface area contributed by atoms with Crippen molar-refractivity contribution in [2.45, 2.75) is 90.6 Å². The first-order chi connectivity index (χ1) is 12.1. The van der Waals surface area contributed by atoms with Gasteiger partial charge in [-0.3, -0.25) is 0 Å². The quantitative estimate of drug-likeness (QED) is 0.525. The van der Waals surface area contributed by atoms with E-state index in [1.165, 1.54) is 51.4 Å². The van der Waals surface area contributed by atoms with Gasteiger partial charge in [0, 0.05) is 0 Å². The van der Waals surface area contributed by atoms with Crippen molar-refractivity contribution < 1.29 is 13.5 Å². The highest BCUT2D eigenvalue weighted by Gasteiger charge is 2.33. The third-order valence-corrected chi connectivity index (χ3v) is 6.30. The summed E-state index contributed by atoms with van der Waals surface area (Å²) in [6.45, 7) is 4.11. The summed E-state index contributed by atoms with van der Waals surface area (Å²) < 4.78 is 34.5. The van der Waals surface area contributed by atoms with Crippen LogP contribution in [-0.4, -0.2) is 6.10 Å². The van der Waals surface area contributed by atoms with Crippen LogP contribution in [0.2, 0.25) is 0 Å². The van der Waals surface area contributed by atoms with E-state index >= 15 is 0 Å². The Labute approximate surface area is 151 Å². The van der Waals surface area contributed by atoms with Gasteiger partial charge in [-0.1, -0.05) is 52.4 Å². The lowest BCUT2D eigenvalue weighted by atomic mass is 9.76. The lowest BCUT2D eigenvalue weighted by Crippen LogP contribution is -2.34. The molecule has 25 heavy (non-hydrogen) atoms. The van der Waals surface area contributed by atoms with Gasteiger partial charge in [-0.05, 0) is 61.1 Å². The van der Waals surface area contributed by atoms with Crippen LogP contribution in [0.5, 0.6) is 5.75 Å². The van der Waals surface area contributed by atoms with Crippen molar-refractivity contribution in [3.63, 3.8) is 0 Å². The van der Waals surface area contributed by atoms with E-state index in [2.05, 4.69) is 6.92 Å². The molecule has 0 radical (unpaired) electrons. The number of ether oxygens (including phenoxy) is 1. The SMILES string of the molecule is CCCCCC1CCC(C2CCc3cc(CC)c(F)c(F)c3O2)CC1. The number of fused-ring (bicyclic) bond motifs is 1. The van der Waals surface area contributed by atoms with Crippen LogP contribution in [0.15, 0.2) is 6.07 Å². The normalized spacial score (nSPS) is 26.2. The average Bonchev–Trinajstić information content (AvgIpc) is 2.65. The Hall–Kier alpha value is -1.12. The third kappa shape index (κ3) is 4.17. The number of hydrogen-bond acceptors (Lipinski definition) is 1. The van der Waals surface area contributed by atoms with Gasteiger partial charge >= 0.3 is 0 Å². The maximum atomic E-state index is 14.4. The summed E-state index contributed by atoms with van der Waals surface area (Å²) in [5.41, 5.74) is 1.31. The molecule has 1 aliphatic carbocycles. The van der Waals surface area contributed by atoms with E-state index in [9.17, 15) is 8.78 Å². The van der Waals surface area contributed by atoms with E-state index in [0.717, 1.165) is 24.3 Å². The molecule has 1 aromatic carbocycles. The Morgan fingerprint density at radius 3 is 2.44 bits per heavy atom. The molecule has 1 unspecified atom stereocenters. The molecule has 3 rings (SSSR count). The van der Waals surface area contributed by atoms with Crippen molar-refractivity contribution in [3.05, 3.63) is 28.8 Å². The number of unbranched alkanes of at least 4 members (excludes halogenated alkanes) is 2. The van der Waals surface area contributed by atoms with Crippen LogP contribution in [0, 0.1) is 23.5 Å². The second-order valence-electron chi connectivity index (χ2n) is 7.98. The molecule has 3 heteroatoms. The minimum atomic E-state index is -0.771. The van der Waals surface area contributed by atoms with Gasteiger partial charge < -0.3 is 4.74 Å². The first kappa shape index (κ1) is 18.7. The first-order valence-electron chi connectivity index (χ1n) is 10.3. The number of benzene rings is 1. The largest absolute Gasteiger partial charge is 0.487 e. The number of aryl methyl sites for hydroxylation is 2. The Balaban J connectivity index is 1.59. The van der Waals surface area contributed by atoms with Gasteiger partial charge in [0.15, 0.2) is 11.6 Å². The van der Waals surface area contributed by atoms with Gasteiger partial charge in [-0.2, -0.15) is 4.39 Å². The molecule has 1 nitrogen and oxygen atoms in total. The standard InChI is InChI=1S/C22H32F2O/c1-3-5-6-7-15-8-10-17(11-9-15)19-13-12-18-14-16(4-2)20(23)21(24)22(18)25-19/h14-15,17,19H,3-13H2,1-2H3. The maximum Gasteiger partial charge on any atom is 0.201 e. The highest BCUT2D eigenvalue weighted by molar-refractivity contribution is 5.41. The fraction of sp³-hybridized carbons (Fsp3) is 0.727. The van der Waals surface area contributed by atoms with E-state index in [1.54, 1.807) is 6.07 Å². The molecule has 0 bridgehead atoms. The van der Waals surface area contributed by atoms with Crippen LogP contribution in [-0.2, 0) is 12.8 Å². The number of rotatable bonds is 6. The highest BCUT2D eigenvalue weighted by Crippen LogP contribution is 2.40. The summed E-state index contributed by atoms with van der Waals surface area (Å²) in [4.78, 5) is 0. The van der Waals surface area contributed by atoms with Crippen LogP contribution in [0.1, 0.15) is 82.8 Å². The molecule has 1 saturated carbocycles. The molecule has 0 spiro atoms. The van der Waals surface area contributed by atoms with E-state index in [4.69, 9.17) is 4.74 Å². The van der Waals surface area contributed by atoms with Crippen molar-refractivity contribution >= 4 is 0 Å². The molecular weight excluding hydrogens is 318 g/mol. The third-order valence-electron chi connectivity index (χ3n) is 6.30. The lowest BCUT2D eigenvalue weighted by molar-refractivity contribution is 0.0707. The molecule has 1 atom stereocenters. The topological polar surface area (TPSA) is 9.23 Å². The summed E-state index contributed by atoms with van der Waals surface area (Å²) >= 11 is 0.